The van der Waals surface area contributed by atoms with Gasteiger partial charge >= 0.3 is 5.97 Å². The van der Waals surface area contributed by atoms with E-state index in [0.717, 1.165) is 27.3 Å². The highest BCUT2D eigenvalue weighted by Gasteiger charge is 2.50. The van der Waals surface area contributed by atoms with Gasteiger partial charge in [0.15, 0.2) is 6.10 Å². The molecule has 1 aliphatic rings. The molecule has 0 radical (unpaired) electrons. The fraction of sp³-hybridized carbons (Fsp3) is 0.306. The van der Waals surface area contributed by atoms with Gasteiger partial charge in [0.25, 0.3) is 0 Å². The van der Waals surface area contributed by atoms with Crippen molar-refractivity contribution in [1.29, 1.82) is 0 Å². The van der Waals surface area contributed by atoms with Crippen LogP contribution < -0.4 is 4.74 Å². The Labute approximate surface area is 263 Å². The molecule has 44 heavy (non-hydrogen) atoms. The molecule has 5 rings (SSSR count). The molecule has 4 aromatic carbocycles. The van der Waals surface area contributed by atoms with Crippen LogP contribution in [-0.4, -0.2) is 49.5 Å². The quantitative estimate of drug-likeness (QED) is 0.143. The summed E-state index contributed by atoms with van der Waals surface area (Å²) in [6.45, 7) is 2.60. The minimum Gasteiger partial charge on any atom is -0.497 e. The van der Waals surface area contributed by atoms with E-state index < -0.39 is 35.8 Å². The van der Waals surface area contributed by atoms with Crippen LogP contribution in [0.2, 0.25) is 0 Å². The molecule has 1 aliphatic heterocycles. The largest absolute Gasteiger partial charge is 0.497 e. The summed E-state index contributed by atoms with van der Waals surface area (Å²) >= 11 is 1.55. The summed E-state index contributed by atoms with van der Waals surface area (Å²) in [4.78, 5) is 13.5. The molecule has 0 bridgehead atoms. The first-order chi connectivity index (χ1) is 21.6. The maximum atomic E-state index is 12.5. The van der Waals surface area contributed by atoms with E-state index in [-0.39, 0.29) is 6.61 Å². The van der Waals surface area contributed by atoms with Crippen molar-refractivity contribution >= 4 is 17.7 Å². The Morgan fingerprint density at radius 3 is 1.80 bits per heavy atom. The van der Waals surface area contributed by atoms with Gasteiger partial charge < -0.3 is 28.4 Å². The molecule has 1 saturated heterocycles. The van der Waals surface area contributed by atoms with Gasteiger partial charge in [0.05, 0.1) is 33.5 Å². The van der Waals surface area contributed by atoms with Gasteiger partial charge in [-0.15, -0.1) is 0 Å². The maximum Gasteiger partial charge on any atom is 0.303 e. The van der Waals surface area contributed by atoms with Gasteiger partial charge in [-0.25, -0.2) is 0 Å². The summed E-state index contributed by atoms with van der Waals surface area (Å²) in [7, 11) is 1.64. The number of benzene rings is 4. The molecule has 0 aromatic heterocycles. The van der Waals surface area contributed by atoms with Crippen LogP contribution in [0.15, 0.2) is 120 Å². The van der Waals surface area contributed by atoms with Crippen molar-refractivity contribution in [3.8, 4) is 5.75 Å². The van der Waals surface area contributed by atoms with Crippen molar-refractivity contribution in [2.75, 3.05) is 13.7 Å². The molecule has 0 N–H and O–H groups in total. The highest BCUT2D eigenvalue weighted by Crippen LogP contribution is 2.38. The third kappa shape index (κ3) is 9.17. The number of rotatable bonds is 14. The predicted molar refractivity (Wildman–Crippen MR) is 169 cm³/mol. The molecule has 1 heterocycles. The lowest BCUT2D eigenvalue weighted by molar-refractivity contribution is -0.248. The van der Waals surface area contributed by atoms with Crippen molar-refractivity contribution in [3.63, 3.8) is 0 Å². The van der Waals surface area contributed by atoms with Crippen molar-refractivity contribution in [2.24, 2.45) is 0 Å². The van der Waals surface area contributed by atoms with Crippen LogP contribution in [0.5, 0.6) is 5.75 Å². The molecule has 7 nitrogen and oxygen atoms in total. The molecule has 4 aromatic rings. The van der Waals surface area contributed by atoms with E-state index in [1.54, 1.807) is 18.9 Å². The predicted octanol–water partition coefficient (Wildman–Crippen LogP) is 6.83. The third-order valence-corrected chi connectivity index (χ3v) is 8.33. The minimum atomic E-state index is -0.763. The first kappa shape index (κ1) is 31.8. The lowest BCUT2D eigenvalue weighted by Gasteiger charge is -2.45. The number of hydrogen-bond donors (Lipinski definition) is 0. The number of esters is 1. The van der Waals surface area contributed by atoms with Crippen molar-refractivity contribution in [2.45, 2.75) is 61.5 Å². The maximum absolute atomic E-state index is 12.5. The number of methoxy groups -OCH3 is 1. The molecule has 0 aliphatic carbocycles. The zero-order chi connectivity index (χ0) is 30.6. The molecule has 1 fully saturated rings. The summed E-state index contributed by atoms with van der Waals surface area (Å²) in [6.07, 6.45) is -2.56. The number of carbonyl (C=O) groups is 1. The van der Waals surface area contributed by atoms with Crippen molar-refractivity contribution in [3.05, 3.63) is 132 Å². The summed E-state index contributed by atoms with van der Waals surface area (Å²) in [5, 5.41) is 0. The van der Waals surface area contributed by atoms with Gasteiger partial charge in [-0.2, -0.15) is 0 Å². The van der Waals surface area contributed by atoms with E-state index in [2.05, 4.69) is 0 Å². The van der Waals surface area contributed by atoms with Crippen LogP contribution in [-0.2, 0) is 48.3 Å². The lowest BCUT2D eigenvalue weighted by Crippen LogP contribution is -2.60. The highest BCUT2D eigenvalue weighted by molar-refractivity contribution is 7.99. The highest BCUT2D eigenvalue weighted by atomic mass is 32.2. The molecule has 230 valence electrons. The van der Waals surface area contributed by atoms with E-state index in [1.165, 1.54) is 6.92 Å². The van der Waals surface area contributed by atoms with Gasteiger partial charge in [0.2, 0.25) is 0 Å². The van der Waals surface area contributed by atoms with Gasteiger partial charge in [-0.1, -0.05) is 103 Å². The molecule has 0 spiro atoms. The van der Waals surface area contributed by atoms with E-state index in [4.69, 9.17) is 28.4 Å². The van der Waals surface area contributed by atoms with E-state index in [1.807, 2.05) is 115 Å². The van der Waals surface area contributed by atoms with Crippen LogP contribution in [0.4, 0.5) is 0 Å². The second-order valence-electron chi connectivity index (χ2n) is 10.4. The van der Waals surface area contributed by atoms with E-state index in [0.29, 0.717) is 19.8 Å². The first-order valence-corrected chi connectivity index (χ1v) is 15.5. The fourth-order valence-electron chi connectivity index (χ4n) is 4.99. The van der Waals surface area contributed by atoms with Crippen molar-refractivity contribution < 1.29 is 33.2 Å². The topological polar surface area (TPSA) is 72.5 Å². The van der Waals surface area contributed by atoms with Gasteiger partial charge in [-0.05, 0) is 41.0 Å². The van der Waals surface area contributed by atoms with Crippen LogP contribution in [0.1, 0.15) is 23.6 Å². The Morgan fingerprint density at radius 2 is 1.23 bits per heavy atom. The molecular weight excluding hydrogens is 576 g/mol. The average molecular weight is 615 g/mol. The second kappa shape index (κ2) is 16.4. The van der Waals surface area contributed by atoms with Crippen LogP contribution in [0.25, 0.3) is 0 Å². The Bertz CT molecular complexity index is 1400. The van der Waals surface area contributed by atoms with Gasteiger partial charge in [-0.3, -0.25) is 4.79 Å². The Hall–Kier alpha value is -3.66. The lowest BCUT2D eigenvalue weighted by atomic mass is 9.99. The zero-order valence-corrected chi connectivity index (χ0v) is 25.8. The summed E-state index contributed by atoms with van der Waals surface area (Å²) in [5.74, 6) is 0.350. The number of hydrogen-bond acceptors (Lipinski definition) is 8. The third-order valence-electron chi connectivity index (χ3n) is 7.17. The van der Waals surface area contributed by atoms with Crippen molar-refractivity contribution in [1.82, 2.24) is 0 Å². The molecule has 8 heteroatoms. The smallest absolute Gasteiger partial charge is 0.303 e. The molecular formula is C36H38O7S. The molecule has 5 atom stereocenters. The fourth-order valence-corrected chi connectivity index (χ4v) is 6.14. The Morgan fingerprint density at radius 1 is 0.682 bits per heavy atom. The van der Waals surface area contributed by atoms with Crippen LogP contribution in [0, 0.1) is 0 Å². The standard InChI is InChI=1S/C36H38O7S/c1-26(37)42-33-32(25-39-22-29-18-20-30(38-2)21-19-29)43-36(44-31-16-10-5-11-17-31)35(41-24-28-14-8-4-9-15-28)34(33)40-23-27-12-6-3-7-13-27/h3-21,32-36H,22-25H2,1-2H3/t32-,33-,34+,35-,36+/m1/s1. The summed E-state index contributed by atoms with van der Waals surface area (Å²) in [5.41, 5.74) is 2.54. The second-order valence-corrected chi connectivity index (χ2v) is 11.6. The Kier molecular flexibility index (Phi) is 11.9. The Balaban J connectivity index is 1.42. The SMILES string of the molecule is COc1ccc(COC[C@H]2O[C@@H](Sc3ccccc3)[C@H](OCc3ccccc3)[C@@H](OCc3ccccc3)[C@@H]2OC(C)=O)cc1. The summed E-state index contributed by atoms with van der Waals surface area (Å²) in [6, 6.07) is 37.6. The number of carbonyl (C=O) groups excluding carboxylic acids is 1. The van der Waals surface area contributed by atoms with E-state index in [9.17, 15) is 4.79 Å². The normalized spacial score (nSPS) is 21.5. The molecule has 0 saturated carbocycles. The monoisotopic (exact) mass is 614 g/mol. The number of ether oxygens (including phenoxy) is 6. The summed E-state index contributed by atoms with van der Waals surface area (Å²) < 4.78 is 37.3. The molecule has 0 unspecified atom stereocenters. The zero-order valence-electron chi connectivity index (χ0n) is 25.0. The van der Waals surface area contributed by atoms with Gasteiger partial charge in [0, 0.05) is 11.8 Å². The first-order valence-electron chi connectivity index (χ1n) is 14.6. The van der Waals surface area contributed by atoms with Gasteiger partial charge in [0.1, 0.15) is 29.5 Å². The average Bonchev–Trinajstić information content (AvgIpc) is 3.06. The van der Waals surface area contributed by atoms with E-state index >= 15 is 0 Å². The van der Waals surface area contributed by atoms with Crippen LogP contribution >= 0.6 is 11.8 Å². The van der Waals surface area contributed by atoms with Crippen LogP contribution in [0.3, 0.4) is 0 Å². The number of thioether (sulfide) groups is 1. The minimum absolute atomic E-state index is 0.187. The molecule has 0 amide bonds.